The first-order valence-electron chi connectivity index (χ1n) is 14.5. The second kappa shape index (κ2) is 17.9. The minimum Gasteiger partial charge on any atom is -0.508 e. The number of phenolic OH excluding ortho intramolecular Hbond substituents is 1. The van der Waals surface area contributed by atoms with Gasteiger partial charge in [0.1, 0.15) is 12.4 Å². The molecule has 41 heavy (non-hydrogen) atoms. The molecule has 2 aromatic carbocycles. The maximum Gasteiger partial charge on any atom is 0.309 e. The number of methoxy groups -OCH3 is 1. The Labute approximate surface area is 243 Å². The predicted molar refractivity (Wildman–Crippen MR) is 157 cm³/mol. The third-order valence-electron chi connectivity index (χ3n) is 7.00. The number of Topliss-reactive ketones (excluding diaryl/α,β-unsaturated/α-hetero) is 1. The normalized spacial score (nSPS) is 13.2. The smallest absolute Gasteiger partial charge is 0.309 e. The van der Waals surface area contributed by atoms with Crippen LogP contribution in [0.5, 0.6) is 5.75 Å². The number of carbonyl (C=O) groups excluding carboxylic acids is 4. The van der Waals surface area contributed by atoms with Crippen LogP contribution < -0.4 is 5.32 Å². The van der Waals surface area contributed by atoms with Crippen LogP contribution in [0.25, 0.3) is 0 Å². The van der Waals surface area contributed by atoms with Crippen molar-refractivity contribution in [2.24, 2.45) is 17.8 Å². The second-order valence-electron chi connectivity index (χ2n) is 11.0. The highest BCUT2D eigenvalue weighted by Gasteiger charge is 2.31. The zero-order chi connectivity index (χ0) is 30.2. The minimum atomic E-state index is -0.802. The molecule has 2 N–H and O–H groups in total. The number of benzene rings is 2. The molecule has 0 saturated carbocycles. The Kier molecular flexibility index (Phi) is 14.6. The fraction of sp³-hybridized carbons (Fsp3) is 0.515. The summed E-state index contributed by atoms with van der Waals surface area (Å²) in [7, 11) is 1.32. The third kappa shape index (κ3) is 12.6. The Morgan fingerprint density at radius 1 is 0.878 bits per heavy atom. The van der Waals surface area contributed by atoms with Crippen LogP contribution in [-0.4, -0.2) is 41.9 Å². The lowest BCUT2D eigenvalue weighted by Crippen LogP contribution is -2.46. The fourth-order valence-electron chi connectivity index (χ4n) is 4.70. The Hall–Kier alpha value is -3.68. The molecule has 0 bridgehead atoms. The van der Waals surface area contributed by atoms with Crippen molar-refractivity contribution < 1.29 is 33.8 Å². The number of unbranched alkanes of at least 4 members (excludes halogenated alkanes) is 2. The molecule has 224 valence electrons. The highest BCUT2D eigenvalue weighted by molar-refractivity contribution is 5.93. The number of ketones is 1. The van der Waals surface area contributed by atoms with E-state index in [0.29, 0.717) is 12.8 Å². The van der Waals surface area contributed by atoms with Gasteiger partial charge in [-0.2, -0.15) is 0 Å². The molecule has 2 rings (SSSR count). The highest BCUT2D eigenvalue weighted by Crippen LogP contribution is 2.21. The van der Waals surface area contributed by atoms with Gasteiger partial charge in [-0.3, -0.25) is 19.2 Å². The van der Waals surface area contributed by atoms with Gasteiger partial charge in [0.2, 0.25) is 5.91 Å². The fourth-order valence-corrected chi connectivity index (χ4v) is 4.70. The van der Waals surface area contributed by atoms with E-state index in [-0.39, 0.29) is 43.3 Å². The molecule has 0 fully saturated rings. The summed E-state index contributed by atoms with van der Waals surface area (Å²) in [4.78, 5) is 52.2. The number of carbonyl (C=O) groups is 4. The quantitative estimate of drug-likeness (QED) is 0.179. The lowest BCUT2D eigenvalue weighted by Gasteiger charge is -2.24. The zero-order valence-corrected chi connectivity index (χ0v) is 24.8. The number of esters is 2. The summed E-state index contributed by atoms with van der Waals surface area (Å²) in [6.45, 7) is 6.08. The lowest BCUT2D eigenvalue weighted by atomic mass is 9.89. The number of nitrogens with one attached hydrogen (secondary N) is 1. The third-order valence-corrected chi connectivity index (χ3v) is 7.00. The summed E-state index contributed by atoms with van der Waals surface area (Å²) in [6.07, 6.45) is 3.72. The summed E-state index contributed by atoms with van der Waals surface area (Å²) in [5, 5.41) is 12.6. The molecule has 2 aromatic rings. The van der Waals surface area contributed by atoms with Gasteiger partial charge in [0, 0.05) is 6.42 Å². The molecule has 0 aromatic heterocycles. The monoisotopic (exact) mass is 567 g/mol. The summed E-state index contributed by atoms with van der Waals surface area (Å²) in [5.41, 5.74) is 1.59. The number of hydrogen-bond acceptors (Lipinski definition) is 7. The van der Waals surface area contributed by atoms with Gasteiger partial charge in [-0.25, -0.2) is 0 Å². The average Bonchev–Trinajstić information content (AvgIpc) is 2.95. The molecular weight excluding hydrogens is 522 g/mol. The van der Waals surface area contributed by atoms with Gasteiger partial charge in [0.15, 0.2) is 5.78 Å². The van der Waals surface area contributed by atoms with E-state index >= 15 is 0 Å². The van der Waals surface area contributed by atoms with Crippen molar-refractivity contribution in [2.45, 2.75) is 84.8 Å². The molecule has 0 saturated heterocycles. The first-order valence-corrected chi connectivity index (χ1v) is 14.5. The molecule has 8 heteroatoms. The predicted octanol–water partition coefficient (Wildman–Crippen LogP) is 5.54. The molecule has 0 unspecified atom stereocenters. The van der Waals surface area contributed by atoms with Crippen LogP contribution >= 0.6 is 0 Å². The molecule has 0 aliphatic rings. The van der Waals surface area contributed by atoms with E-state index in [9.17, 15) is 24.3 Å². The van der Waals surface area contributed by atoms with Crippen LogP contribution in [0.2, 0.25) is 0 Å². The number of phenols is 1. The van der Waals surface area contributed by atoms with Gasteiger partial charge in [-0.05, 0) is 48.4 Å². The lowest BCUT2D eigenvalue weighted by molar-refractivity contribution is -0.149. The summed E-state index contributed by atoms with van der Waals surface area (Å²) in [6, 6.07) is 14.9. The molecule has 0 radical (unpaired) electrons. The maximum absolute atomic E-state index is 13.6. The number of ether oxygens (including phenoxy) is 2. The Balaban J connectivity index is 2.18. The van der Waals surface area contributed by atoms with Gasteiger partial charge in [0.05, 0.1) is 31.4 Å². The topological polar surface area (TPSA) is 119 Å². The zero-order valence-electron chi connectivity index (χ0n) is 24.8. The number of hydrogen-bond donors (Lipinski definition) is 2. The second-order valence-corrected chi connectivity index (χ2v) is 11.0. The van der Waals surface area contributed by atoms with Crippen LogP contribution in [0.4, 0.5) is 0 Å². The van der Waals surface area contributed by atoms with E-state index in [1.165, 1.54) is 19.2 Å². The first-order chi connectivity index (χ1) is 19.6. The number of rotatable bonds is 18. The maximum atomic E-state index is 13.6. The minimum absolute atomic E-state index is 0.0181. The molecule has 1 amide bonds. The SMILES string of the molecule is CCCCC[C@H](CC(=O)[C@H](CC(C)C)NC(=O)[C@@H](CC(=O)OCc1ccccc1)Cc1ccc(O)cc1)C(=O)OC. The van der Waals surface area contributed by atoms with E-state index in [1.54, 1.807) is 12.1 Å². The Morgan fingerprint density at radius 3 is 2.17 bits per heavy atom. The van der Waals surface area contributed by atoms with Crippen molar-refractivity contribution in [1.29, 1.82) is 0 Å². The van der Waals surface area contributed by atoms with Crippen molar-refractivity contribution in [3.05, 3.63) is 65.7 Å². The van der Waals surface area contributed by atoms with Crippen molar-refractivity contribution in [1.82, 2.24) is 5.32 Å². The molecule has 0 aliphatic heterocycles. The van der Waals surface area contributed by atoms with Gasteiger partial charge < -0.3 is 19.9 Å². The van der Waals surface area contributed by atoms with Crippen molar-refractivity contribution in [2.75, 3.05) is 7.11 Å². The van der Waals surface area contributed by atoms with Crippen LogP contribution in [0.15, 0.2) is 54.6 Å². The van der Waals surface area contributed by atoms with Gasteiger partial charge in [0.25, 0.3) is 0 Å². The van der Waals surface area contributed by atoms with E-state index in [1.807, 2.05) is 44.2 Å². The largest absolute Gasteiger partial charge is 0.508 e. The Bertz CT molecular complexity index is 1100. The summed E-state index contributed by atoms with van der Waals surface area (Å²) >= 11 is 0. The Morgan fingerprint density at radius 2 is 1.56 bits per heavy atom. The van der Waals surface area contributed by atoms with Crippen molar-refractivity contribution in [3.8, 4) is 5.75 Å². The number of aromatic hydroxyl groups is 1. The molecule has 8 nitrogen and oxygen atoms in total. The first kappa shape index (κ1) is 33.5. The molecule has 0 heterocycles. The van der Waals surface area contributed by atoms with Crippen molar-refractivity contribution >= 4 is 23.6 Å². The van der Waals surface area contributed by atoms with E-state index in [4.69, 9.17) is 9.47 Å². The van der Waals surface area contributed by atoms with Gasteiger partial charge in [-0.1, -0.05) is 82.5 Å². The van der Waals surface area contributed by atoms with Crippen LogP contribution in [0.3, 0.4) is 0 Å². The molecular formula is C33H45NO7. The van der Waals surface area contributed by atoms with Crippen molar-refractivity contribution in [3.63, 3.8) is 0 Å². The molecule has 0 spiro atoms. The highest BCUT2D eigenvalue weighted by atomic mass is 16.5. The van der Waals surface area contributed by atoms with E-state index in [0.717, 1.165) is 30.4 Å². The summed E-state index contributed by atoms with van der Waals surface area (Å²) in [5.74, 6) is -2.77. The average molecular weight is 568 g/mol. The molecule has 3 atom stereocenters. The van der Waals surface area contributed by atoms with E-state index in [2.05, 4.69) is 12.2 Å². The molecule has 0 aliphatic carbocycles. The van der Waals surface area contributed by atoms with Gasteiger partial charge >= 0.3 is 11.9 Å². The van der Waals surface area contributed by atoms with Crippen LogP contribution in [0.1, 0.15) is 76.8 Å². The van der Waals surface area contributed by atoms with E-state index < -0.39 is 35.7 Å². The summed E-state index contributed by atoms with van der Waals surface area (Å²) < 4.78 is 10.4. The van der Waals surface area contributed by atoms with Crippen LogP contribution in [0, 0.1) is 17.8 Å². The number of amides is 1. The van der Waals surface area contributed by atoms with Crippen LogP contribution in [-0.2, 0) is 41.7 Å². The standard InChI is InChI=1S/C33H45NO7/c1-5-6-8-13-26(33(39)40-4)20-30(36)29(18-23(2)3)34-32(38)27(19-24-14-16-28(35)17-15-24)21-31(37)41-22-25-11-9-7-10-12-25/h7,9-12,14-17,23,26-27,29,35H,5-6,8,13,18-22H2,1-4H3,(H,34,38)/t26-,27-,29+/m1/s1. The van der Waals surface area contributed by atoms with Gasteiger partial charge in [-0.15, -0.1) is 0 Å².